The van der Waals surface area contributed by atoms with Crippen LogP contribution in [0.1, 0.15) is 11.1 Å². The van der Waals surface area contributed by atoms with E-state index in [2.05, 4.69) is 5.92 Å². The summed E-state index contributed by atoms with van der Waals surface area (Å²) in [5, 5.41) is 0. The molecular weight excluding hydrogens is 303 g/mol. The van der Waals surface area contributed by atoms with E-state index < -0.39 is 0 Å². The van der Waals surface area contributed by atoms with Crippen molar-refractivity contribution in [3.05, 3.63) is 35.4 Å². The zero-order valence-corrected chi connectivity index (χ0v) is 7.98. The van der Waals surface area contributed by atoms with Crippen molar-refractivity contribution in [2.75, 3.05) is 0 Å². The van der Waals surface area contributed by atoms with Crippen molar-refractivity contribution in [3.63, 3.8) is 0 Å². The Kier molecular flexibility index (Phi) is 4.08. The monoisotopic (exact) mass is 311 g/mol. The summed E-state index contributed by atoms with van der Waals surface area (Å²) in [6.07, 6.45) is 5.15. The average Bonchev–Trinajstić information content (AvgIpc) is 1.90. The summed E-state index contributed by atoms with van der Waals surface area (Å²) in [6.45, 7) is 2.04. The maximum atomic E-state index is 5.15. The van der Waals surface area contributed by atoms with Crippen LogP contribution >= 0.6 is 0 Å². The van der Waals surface area contributed by atoms with Gasteiger partial charge in [-0.1, -0.05) is 23.6 Å². The van der Waals surface area contributed by atoms with Gasteiger partial charge in [-0.05, 0) is 19.1 Å². The Balaban J connectivity index is 0.000000810. The van der Waals surface area contributed by atoms with Crippen LogP contribution in [0.4, 0.5) is 0 Å². The minimum atomic E-state index is 0. The molecule has 0 amide bonds. The van der Waals surface area contributed by atoms with Crippen molar-refractivity contribution in [2.24, 2.45) is 0 Å². The van der Waals surface area contributed by atoms with E-state index in [-0.39, 0.29) is 21.1 Å². The van der Waals surface area contributed by atoms with Crippen molar-refractivity contribution in [3.8, 4) is 12.3 Å². The molecule has 54 valence electrons. The summed E-state index contributed by atoms with van der Waals surface area (Å²) >= 11 is 0. The van der Waals surface area contributed by atoms with E-state index in [1.165, 1.54) is 5.56 Å². The van der Waals surface area contributed by atoms with Gasteiger partial charge in [0.15, 0.2) is 0 Å². The van der Waals surface area contributed by atoms with Gasteiger partial charge in [-0.15, -0.1) is 6.42 Å². The molecule has 0 aliphatic carbocycles. The van der Waals surface area contributed by atoms with Gasteiger partial charge in [-0.2, -0.15) is 0 Å². The molecule has 10 heavy (non-hydrogen) atoms. The van der Waals surface area contributed by atoms with Crippen LogP contribution in [0.5, 0.6) is 0 Å². The smallest absolute Gasteiger partial charge is 0.0242 e. The van der Waals surface area contributed by atoms with E-state index >= 15 is 0 Å². The van der Waals surface area contributed by atoms with Crippen molar-refractivity contribution in [1.29, 1.82) is 0 Å². The Labute approximate surface area is 75.9 Å². The molecule has 0 aromatic heterocycles. The van der Waals surface area contributed by atoms with Crippen molar-refractivity contribution in [2.45, 2.75) is 6.92 Å². The van der Waals surface area contributed by atoms with Gasteiger partial charge in [-0.25, -0.2) is 0 Å². The molecule has 0 nitrogen and oxygen atoms in total. The molecule has 0 radical (unpaired) electrons. The Bertz CT molecular complexity index is 228. The van der Waals surface area contributed by atoms with Crippen molar-refractivity contribution >= 4 is 0 Å². The molecule has 0 saturated heterocycles. The van der Waals surface area contributed by atoms with E-state index in [0.29, 0.717) is 0 Å². The molecule has 0 spiro atoms. The fourth-order valence-electron chi connectivity index (χ4n) is 0.650. The van der Waals surface area contributed by atoms with E-state index in [4.69, 9.17) is 6.42 Å². The van der Waals surface area contributed by atoms with Crippen LogP contribution in [0.15, 0.2) is 24.3 Å². The molecule has 0 bridgehead atoms. The molecule has 1 rings (SSSR count). The molecule has 0 aliphatic rings. The summed E-state index contributed by atoms with van der Waals surface area (Å²) in [5.41, 5.74) is 2.19. The van der Waals surface area contributed by atoms with Crippen LogP contribution in [-0.2, 0) is 21.1 Å². The first-order valence-electron chi connectivity index (χ1n) is 2.86. The molecule has 0 aliphatic heterocycles. The Morgan fingerprint density at radius 3 is 2.10 bits per heavy atom. The predicted octanol–water partition coefficient (Wildman–Crippen LogP) is 1.97. The molecular formula is C9H8Pt. The SMILES string of the molecule is C#Cc1ccc(C)cc1.[Pt]. The average molecular weight is 311 g/mol. The van der Waals surface area contributed by atoms with Crippen LogP contribution < -0.4 is 0 Å². The molecule has 0 atom stereocenters. The standard InChI is InChI=1S/C9H8.Pt/c1-3-9-6-4-8(2)5-7-9;/h1,4-7H,2H3;. The number of terminal acetylenes is 1. The van der Waals surface area contributed by atoms with Gasteiger partial charge in [0.2, 0.25) is 0 Å². The first-order chi connectivity index (χ1) is 4.33. The van der Waals surface area contributed by atoms with Gasteiger partial charge in [0, 0.05) is 26.6 Å². The molecule has 0 heterocycles. The fraction of sp³-hybridized carbons (Fsp3) is 0.111. The number of hydrogen-bond donors (Lipinski definition) is 0. The van der Waals surface area contributed by atoms with Gasteiger partial charge in [0.1, 0.15) is 0 Å². The van der Waals surface area contributed by atoms with Gasteiger partial charge in [0.05, 0.1) is 0 Å². The molecule has 1 heteroatoms. The third-order valence-corrected chi connectivity index (χ3v) is 1.22. The van der Waals surface area contributed by atoms with E-state index in [1.54, 1.807) is 0 Å². The summed E-state index contributed by atoms with van der Waals surface area (Å²) in [7, 11) is 0. The van der Waals surface area contributed by atoms with Crippen LogP contribution in [0, 0.1) is 19.3 Å². The molecule has 1 aromatic rings. The van der Waals surface area contributed by atoms with Gasteiger partial charge >= 0.3 is 0 Å². The minimum absolute atomic E-state index is 0. The van der Waals surface area contributed by atoms with Gasteiger partial charge in [0.25, 0.3) is 0 Å². The maximum Gasteiger partial charge on any atom is 0.0242 e. The van der Waals surface area contributed by atoms with Crippen LogP contribution in [0.25, 0.3) is 0 Å². The summed E-state index contributed by atoms with van der Waals surface area (Å²) < 4.78 is 0. The second-order valence-electron chi connectivity index (χ2n) is 2.01. The quantitative estimate of drug-likeness (QED) is 0.643. The predicted molar refractivity (Wildman–Crippen MR) is 39.1 cm³/mol. The third kappa shape index (κ3) is 2.38. The maximum absolute atomic E-state index is 5.15. The zero-order chi connectivity index (χ0) is 6.69. The van der Waals surface area contributed by atoms with Crippen molar-refractivity contribution in [1.82, 2.24) is 0 Å². The molecule has 0 saturated carbocycles. The van der Waals surface area contributed by atoms with Crippen molar-refractivity contribution < 1.29 is 21.1 Å². The summed E-state index contributed by atoms with van der Waals surface area (Å²) in [6, 6.07) is 7.90. The zero-order valence-electron chi connectivity index (χ0n) is 5.70. The van der Waals surface area contributed by atoms with Crippen LogP contribution in [0.3, 0.4) is 0 Å². The first-order valence-corrected chi connectivity index (χ1v) is 2.86. The third-order valence-electron chi connectivity index (χ3n) is 1.22. The number of benzene rings is 1. The van der Waals surface area contributed by atoms with Gasteiger partial charge < -0.3 is 0 Å². The molecule has 0 N–H and O–H groups in total. The van der Waals surface area contributed by atoms with Crippen LogP contribution in [-0.4, -0.2) is 0 Å². The Morgan fingerprint density at radius 2 is 1.70 bits per heavy atom. The van der Waals surface area contributed by atoms with E-state index in [0.717, 1.165) is 5.56 Å². The largest absolute Gasteiger partial charge is 0.115 e. The number of aryl methyl sites for hydroxylation is 1. The Morgan fingerprint density at radius 1 is 1.20 bits per heavy atom. The summed E-state index contributed by atoms with van der Waals surface area (Å²) in [4.78, 5) is 0. The fourth-order valence-corrected chi connectivity index (χ4v) is 0.650. The minimum Gasteiger partial charge on any atom is -0.115 e. The molecule has 0 fully saturated rings. The first kappa shape index (κ1) is 9.47. The number of hydrogen-bond acceptors (Lipinski definition) is 0. The summed E-state index contributed by atoms with van der Waals surface area (Å²) in [5.74, 6) is 2.55. The second kappa shape index (κ2) is 4.31. The second-order valence-corrected chi connectivity index (χ2v) is 2.01. The van der Waals surface area contributed by atoms with Gasteiger partial charge in [-0.3, -0.25) is 0 Å². The molecule has 1 aromatic carbocycles. The Hall–Kier alpha value is -0.532. The molecule has 0 unspecified atom stereocenters. The van der Waals surface area contributed by atoms with Crippen LogP contribution in [0.2, 0.25) is 0 Å². The van der Waals surface area contributed by atoms with E-state index in [1.807, 2.05) is 31.2 Å². The van der Waals surface area contributed by atoms with E-state index in [9.17, 15) is 0 Å². The normalized spacial score (nSPS) is 7.60. The topological polar surface area (TPSA) is 0 Å². The number of rotatable bonds is 0.